The first-order chi connectivity index (χ1) is 34.1. The van der Waals surface area contributed by atoms with Crippen LogP contribution in [-0.2, 0) is 33.3 Å². The van der Waals surface area contributed by atoms with E-state index in [1.54, 1.807) is 0 Å². The van der Waals surface area contributed by atoms with Gasteiger partial charge in [0.25, 0.3) is 0 Å². The van der Waals surface area contributed by atoms with Gasteiger partial charge in [-0.05, 0) is 12.8 Å². The maximum Gasteiger partial charge on any atom is 0.306 e. The Kier molecular flexibility index (Phi) is 52.3. The number of ether oxygens (including phenoxy) is 4. The van der Waals surface area contributed by atoms with Gasteiger partial charge in [-0.15, -0.1) is 0 Å². The second-order valence-electron chi connectivity index (χ2n) is 22.4. The highest BCUT2D eigenvalue weighted by molar-refractivity contribution is 5.70. The Labute approximate surface area is 434 Å². The molecule has 0 radical (unpaired) electrons. The van der Waals surface area contributed by atoms with Crippen molar-refractivity contribution in [1.29, 1.82) is 0 Å². The summed E-state index contributed by atoms with van der Waals surface area (Å²) in [4.78, 5) is 37.3. The standard InChI is InChI=1S/C61H119NO8/c1-6-8-10-12-14-16-18-20-22-24-25-26-27-28-29-30-31-32-33-34-35-36-38-40-42-44-46-48-50-52-59(64)70-57(56-69-61(60(65)66)67-54-53-62(3,4)5)55-68-58(63)51-49-47-45-43-41-39-37-23-21-19-17-15-13-11-9-7-2/h57,61H,6-56H2,1-5H3. The van der Waals surface area contributed by atoms with Crippen molar-refractivity contribution >= 4 is 17.9 Å². The summed E-state index contributed by atoms with van der Waals surface area (Å²) in [6.45, 7) is 4.82. The zero-order valence-corrected chi connectivity index (χ0v) is 47.4. The molecule has 70 heavy (non-hydrogen) atoms. The van der Waals surface area contributed by atoms with Gasteiger partial charge in [-0.3, -0.25) is 9.59 Å². The number of aliphatic carboxylic acids is 1. The highest BCUT2D eigenvalue weighted by Crippen LogP contribution is 2.18. The third-order valence-electron chi connectivity index (χ3n) is 14.1. The molecule has 0 saturated carbocycles. The normalized spacial score (nSPS) is 12.6. The molecule has 0 heterocycles. The molecule has 0 aliphatic carbocycles. The summed E-state index contributed by atoms with van der Waals surface area (Å²) in [7, 11) is 5.94. The third kappa shape index (κ3) is 54.1. The van der Waals surface area contributed by atoms with Gasteiger partial charge < -0.3 is 33.3 Å². The van der Waals surface area contributed by atoms with Crippen molar-refractivity contribution in [2.75, 3.05) is 47.5 Å². The Morgan fingerprint density at radius 1 is 0.371 bits per heavy atom. The number of carbonyl (C=O) groups is 3. The second-order valence-corrected chi connectivity index (χ2v) is 22.4. The van der Waals surface area contributed by atoms with Crippen LogP contribution >= 0.6 is 0 Å². The first kappa shape index (κ1) is 68.3. The molecule has 2 atom stereocenters. The zero-order valence-electron chi connectivity index (χ0n) is 47.4. The molecule has 0 aromatic carbocycles. The lowest BCUT2D eigenvalue weighted by molar-refractivity contribution is -0.870. The van der Waals surface area contributed by atoms with Crippen molar-refractivity contribution in [2.24, 2.45) is 0 Å². The molecule has 0 bridgehead atoms. The lowest BCUT2D eigenvalue weighted by Crippen LogP contribution is -2.44. The van der Waals surface area contributed by atoms with E-state index in [1.807, 2.05) is 21.1 Å². The number of nitrogens with zero attached hydrogens (tertiary/aromatic N) is 1. The van der Waals surface area contributed by atoms with Crippen LogP contribution in [0.2, 0.25) is 0 Å². The summed E-state index contributed by atoms with van der Waals surface area (Å²) >= 11 is 0. The van der Waals surface area contributed by atoms with E-state index >= 15 is 0 Å². The fourth-order valence-corrected chi connectivity index (χ4v) is 9.36. The van der Waals surface area contributed by atoms with Crippen LogP contribution in [0.25, 0.3) is 0 Å². The van der Waals surface area contributed by atoms with Crippen molar-refractivity contribution < 1.29 is 42.9 Å². The van der Waals surface area contributed by atoms with Gasteiger partial charge in [0.15, 0.2) is 12.4 Å². The van der Waals surface area contributed by atoms with Gasteiger partial charge in [0.1, 0.15) is 13.2 Å². The van der Waals surface area contributed by atoms with Crippen LogP contribution in [0.3, 0.4) is 0 Å². The van der Waals surface area contributed by atoms with Crippen LogP contribution in [0.4, 0.5) is 0 Å². The lowest BCUT2D eigenvalue weighted by Gasteiger charge is -2.26. The van der Waals surface area contributed by atoms with Gasteiger partial charge in [0.05, 0.1) is 40.3 Å². The number of rotatable bonds is 58. The monoisotopic (exact) mass is 994 g/mol. The molecule has 0 spiro atoms. The Morgan fingerprint density at radius 3 is 0.914 bits per heavy atom. The smallest absolute Gasteiger partial charge is 0.306 e. The van der Waals surface area contributed by atoms with Gasteiger partial charge in [-0.1, -0.05) is 290 Å². The average molecular weight is 995 g/mol. The molecule has 0 aromatic heterocycles. The van der Waals surface area contributed by atoms with Crippen molar-refractivity contribution in [3.8, 4) is 0 Å². The first-order valence-electron chi connectivity index (χ1n) is 30.7. The van der Waals surface area contributed by atoms with E-state index in [1.165, 1.54) is 250 Å². The average Bonchev–Trinajstić information content (AvgIpc) is 3.33. The van der Waals surface area contributed by atoms with Crippen molar-refractivity contribution in [3.05, 3.63) is 0 Å². The number of unbranched alkanes of at least 4 members (excludes halogenated alkanes) is 43. The van der Waals surface area contributed by atoms with Crippen molar-refractivity contribution in [2.45, 2.75) is 328 Å². The minimum Gasteiger partial charge on any atom is -0.545 e. The minimum absolute atomic E-state index is 0.153. The number of likely N-dealkylation sites (N-methyl/N-ethyl adjacent to an activating group) is 1. The molecule has 9 heteroatoms. The fraction of sp³-hybridized carbons (Fsp3) is 0.951. The Hall–Kier alpha value is -1.71. The summed E-state index contributed by atoms with van der Waals surface area (Å²) < 4.78 is 22.7. The number of quaternary nitrogens is 1. The van der Waals surface area contributed by atoms with E-state index in [9.17, 15) is 19.5 Å². The van der Waals surface area contributed by atoms with Crippen LogP contribution in [-0.4, -0.2) is 82.3 Å². The highest BCUT2D eigenvalue weighted by atomic mass is 16.7. The molecule has 0 amide bonds. The molecule has 0 aliphatic rings. The van der Waals surface area contributed by atoms with Crippen LogP contribution in [0, 0.1) is 0 Å². The minimum atomic E-state index is -1.61. The third-order valence-corrected chi connectivity index (χ3v) is 14.1. The number of carboxylic acids is 1. The topological polar surface area (TPSA) is 111 Å². The molecule has 0 rings (SSSR count). The molecule has 0 N–H and O–H groups in total. The molecule has 0 aromatic rings. The molecule has 2 unspecified atom stereocenters. The van der Waals surface area contributed by atoms with E-state index in [0.717, 1.165) is 38.5 Å². The molecule has 0 saturated heterocycles. The fourth-order valence-electron chi connectivity index (χ4n) is 9.36. The molecular weight excluding hydrogens is 875 g/mol. The van der Waals surface area contributed by atoms with Gasteiger partial charge in [-0.25, -0.2) is 0 Å². The largest absolute Gasteiger partial charge is 0.545 e. The number of hydrogen-bond donors (Lipinski definition) is 0. The second kappa shape index (κ2) is 53.6. The van der Waals surface area contributed by atoms with Crippen molar-refractivity contribution in [3.63, 3.8) is 0 Å². The number of esters is 2. The maximum absolute atomic E-state index is 12.9. The van der Waals surface area contributed by atoms with Crippen molar-refractivity contribution in [1.82, 2.24) is 0 Å². The quantitative estimate of drug-likeness (QED) is 0.0256. The molecule has 0 fully saturated rings. The van der Waals surface area contributed by atoms with E-state index in [0.29, 0.717) is 17.4 Å². The highest BCUT2D eigenvalue weighted by Gasteiger charge is 2.22. The summed E-state index contributed by atoms with van der Waals surface area (Å²) in [5, 5.41) is 11.8. The van der Waals surface area contributed by atoms with Gasteiger partial charge in [0.2, 0.25) is 0 Å². The van der Waals surface area contributed by atoms with Gasteiger partial charge in [0, 0.05) is 12.8 Å². The summed E-state index contributed by atoms with van der Waals surface area (Å²) in [5.41, 5.74) is 0. The summed E-state index contributed by atoms with van der Waals surface area (Å²) in [6.07, 6.45) is 57.4. The van der Waals surface area contributed by atoms with Crippen LogP contribution in [0.15, 0.2) is 0 Å². The van der Waals surface area contributed by atoms with Gasteiger partial charge in [-0.2, -0.15) is 0 Å². The maximum atomic E-state index is 12.9. The SMILES string of the molecule is CCCCCCCCCCCCCCCCCCCCCCCCCCCCCCCC(=O)OC(COC(=O)CCCCCCCCCCCCCCCCCC)COC(OCC[N+](C)(C)C)C(=O)[O-]. The predicted octanol–water partition coefficient (Wildman–Crippen LogP) is 16.6. The van der Waals surface area contributed by atoms with Crippen LogP contribution in [0.5, 0.6) is 0 Å². The van der Waals surface area contributed by atoms with E-state index in [-0.39, 0.29) is 32.2 Å². The number of carboxylic acid groups (broad SMARTS) is 1. The summed E-state index contributed by atoms with van der Waals surface area (Å²) in [5.74, 6) is -2.25. The summed E-state index contributed by atoms with van der Waals surface area (Å²) in [6, 6.07) is 0. The van der Waals surface area contributed by atoms with Crippen LogP contribution in [0.1, 0.15) is 316 Å². The predicted molar refractivity (Wildman–Crippen MR) is 293 cm³/mol. The number of hydrogen-bond acceptors (Lipinski definition) is 8. The first-order valence-corrected chi connectivity index (χ1v) is 30.7. The Bertz CT molecular complexity index is 1110. The Morgan fingerprint density at radius 2 is 0.643 bits per heavy atom. The van der Waals surface area contributed by atoms with E-state index in [4.69, 9.17) is 18.9 Å². The zero-order chi connectivity index (χ0) is 51.3. The van der Waals surface area contributed by atoms with Crippen LogP contribution < -0.4 is 5.11 Å². The molecule has 0 aliphatic heterocycles. The Balaban J connectivity index is 4.08. The lowest BCUT2D eigenvalue weighted by atomic mass is 10.0. The molecular formula is C61H119NO8. The van der Waals surface area contributed by atoms with E-state index in [2.05, 4.69) is 13.8 Å². The number of carbonyl (C=O) groups excluding carboxylic acids is 3. The molecule has 416 valence electrons. The molecule has 9 nitrogen and oxygen atoms in total. The van der Waals surface area contributed by atoms with E-state index < -0.39 is 24.3 Å². The van der Waals surface area contributed by atoms with Gasteiger partial charge >= 0.3 is 11.9 Å².